The first-order chi connectivity index (χ1) is 13.5. The number of halogens is 1. The predicted molar refractivity (Wildman–Crippen MR) is 113 cm³/mol. The van der Waals surface area contributed by atoms with Gasteiger partial charge in [0.05, 0.1) is 12.4 Å². The molecular weight excluding hydrogens is 475 g/mol. The van der Waals surface area contributed by atoms with Crippen LogP contribution in [0.2, 0.25) is 0 Å². The van der Waals surface area contributed by atoms with E-state index in [-0.39, 0.29) is 0 Å². The number of fused-ring (bicyclic) bond motifs is 1. The minimum absolute atomic E-state index is 0.417. The summed E-state index contributed by atoms with van der Waals surface area (Å²) in [6.07, 6.45) is -1.73. The average Bonchev–Trinajstić information content (AvgIpc) is 3.22. The lowest BCUT2D eigenvalue weighted by Crippen LogP contribution is -2.30. The van der Waals surface area contributed by atoms with Gasteiger partial charge in [0.15, 0.2) is 23.2 Å². The smallest absolute Gasteiger partial charge is 0.226 e. The fourth-order valence-electron chi connectivity index (χ4n) is 3.23. The second-order valence-electron chi connectivity index (χ2n) is 6.67. The number of benzene rings is 1. The summed E-state index contributed by atoms with van der Waals surface area (Å²) in [4.78, 5) is 13.4. The van der Waals surface area contributed by atoms with Crippen LogP contribution in [-0.4, -0.2) is 55.1 Å². The number of hydrogen-bond donors (Lipinski definition) is 4. The Labute approximate surface area is 175 Å². The van der Waals surface area contributed by atoms with E-state index in [2.05, 4.69) is 54.2 Å². The Balaban J connectivity index is 1.69. The molecule has 1 fully saturated rings. The van der Waals surface area contributed by atoms with Gasteiger partial charge in [0, 0.05) is 17.2 Å². The van der Waals surface area contributed by atoms with Crippen LogP contribution in [0.4, 0.5) is 11.8 Å². The minimum Gasteiger partial charge on any atom is -0.388 e. The third kappa shape index (κ3) is 3.52. The van der Waals surface area contributed by atoms with E-state index >= 15 is 0 Å². The van der Waals surface area contributed by atoms with Crippen LogP contribution >= 0.6 is 22.6 Å². The van der Waals surface area contributed by atoms with Gasteiger partial charge in [-0.05, 0) is 47.2 Å². The van der Waals surface area contributed by atoms with Gasteiger partial charge in [0.1, 0.15) is 12.2 Å². The zero-order chi connectivity index (χ0) is 19.8. The van der Waals surface area contributed by atoms with Crippen LogP contribution in [0, 0.1) is 3.57 Å². The Morgan fingerprint density at radius 2 is 2.07 bits per heavy atom. The summed E-state index contributed by atoms with van der Waals surface area (Å²) in [6, 6.07) is 8.18. The first-order valence-corrected chi connectivity index (χ1v) is 9.98. The molecule has 4 atom stereocenters. The SMILES string of the molecule is CNc1nc(NCc2cccc(I)c2)c2ncn(C3OC(C)C(O)C3O)c2n1. The summed E-state index contributed by atoms with van der Waals surface area (Å²) in [5.41, 5.74) is 2.19. The van der Waals surface area contributed by atoms with Crippen molar-refractivity contribution in [1.82, 2.24) is 19.5 Å². The van der Waals surface area contributed by atoms with Crippen LogP contribution in [0.15, 0.2) is 30.6 Å². The zero-order valence-electron chi connectivity index (χ0n) is 15.4. The van der Waals surface area contributed by atoms with Crippen molar-refractivity contribution in [2.45, 2.75) is 38.0 Å². The highest BCUT2D eigenvalue weighted by Gasteiger charge is 2.42. The van der Waals surface area contributed by atoms with E-state index in [0.29, 0.717) is 29.5 Å². The predicted octanol–water partition coefficient (Wildman–Crippen LogP) is 1.72. The second kappa shape index (κ2) is 7.78. The molecule has 2 aromatic heterocycles. The molecule has 10 heteroatoms. The van der Waals surface area contributed by atoms with Gasteiger partial charge >= 0.3 is 0 Å². The molecule has 0 bridgehead atoms. The molecule has 28 heavy (non-hydrogen) atoms. The first kappa shape index (κ1) is 19.3. The number of nitrogens with zero attached hydrogens (tertiary/aromatic N) is 4. The summed E-state index contributed by atoms with van der Waals surface area (Å²) in [5.74, 6) is 0.994. The van der Waals surface area contributed by atoms with Gasteiger partial charge in [-0.1, -0.05) is 12.1 Å². The quantitative estimate of drug-likeness (QED) is 0.395. The standard InChI is InChI=1S/C18H21IN6O3/c1-9-13(26)14(27)17(28-9)25-8-22-12-15(23-18(20-2)24-16(12)25)21-7-10-4-3-5-11(19)6-10/h3-6,8-9,13-14,17,26-27H,7H2,1-2H3,(H2,20,21,23,24). The third-order valence-corrected chi connectivity index (χ3v) is 5.42. The molecule has 3 aromatic rings. The van der Waals surface area contributed by atoms with Crippen molar-refractivity contribution >= 4 is 45.5 Å². The van der Waals surface area contributed by atoms with E-state index in [9.17, 15) is 10.2 Å². The van der Waals surface area contributed by atoms with Crippen LogP contribution in [0.25, 0.3) is 11.2 Å². The van der Waals surface area contributed by atoms with Crippen LogP contribution < -0.4 is 10.6 Å². The van der Waals surface area contributed by atoms with Crippen molar-refractivity contribution in [3.8, 4) is 0 Å². The van der Waals surface area contributed by atoms with E-state index in [1.54, 1.807) is 24.9 Å². The molecule has 0 radical (unpaired) electrons. The monoisotopic (exact) mass is 496 g/mol. The number of ether oxygens (including phenoxy) is 1. The zero-order valence-corrected chi connectivity index (χ0v) is 17.5. The van der Waals surface area contributed by atoms with Gasteiger partial charge in [-0.25, -0.2) is 4.98 Å². The highest BCUT2D eigenvalue weighted by Crippen LogP contribution is 2.32. The number of nitrogens with one attached hydrogen (secondary N) is 2. The largest absolute Gasteiger partial charge is 0.388 e. The maximum Gasteiger partial charge on any atom is 0.226 e. The summed E-state index contributed by atoms with van der Waals surface area (Å²) in [7, 11) is 1.73. The van der Waals surface area contributed by atoms with Crippen molar-refractivity contribution in [1.29, 1.82) is 0 Å². The van der Waals surface area contributed by atoms with Gasteiger partial charge < -0.3 is 25.6 Å². The maximum atomic E-state index is 10.3. The Bertz CT molecular complexity index is 997. The first-order valence-electron chi connectivity index (χ1n) is 8.90. The Morgan fingerprint density at radius 3 is 2.75 bits per heavy atom. The van der Waals surface area contributed by atoms with E-state index in [1.807, 2.05) is 18.2 Å². The number of aliphatic hydroxyl groups is 2. The maximum absolute atomic E-state index is 10.3. The molecule has 0 amide bonds. The van der Waals surface area contributed by atoms with Gasteiger partial charge in [-0.3, -0.25) is 4.57 Å². The molecular formula is C18H21IN6O3. The summed E-state index contributed by atoms with van der Waals surface area (Å²) >= 11 is 2.28. The molecule has 1 aliphatic rings. The number of rotatable bonds is 5. The molecule has 1 saturated heterocycles. The minimum atomic E-state index is -1.07. The summed E-state index contributed by atoms with van der Waals surface area (Å²) in [6.45, 7) is 2.30. The van der Waals surface area contributed by atoms with E-state index in [0.717, 1.165) is 9.13 Å². The van der Waals surface area contributed by atoms with E-state index in [4.69, 9.17) is 4.74 Å². The number of aliphatic hydroxyl groups excluding tert-OH is 2. The molecule has 148 valence electrons. The second-order valence-corrected chi connectivity index (χ2v) is 7.91. The lowest BCUT2D eigenvalue weighted by molar-refractivity contribution is -0.0299. The molecule has 4 rings (SSSR count). The molecule has 9 nitrogen and oxygen atoms in total. The Morgan fingerprint density at radius 1 is 1.25 bits per heavy atom. The van der Waals surface area contributed by atoms with Crippen molar-refractivity contribution in [3.05, 3.63) is 39.7 Å². The van der Waals surface area contributed by atoms with Crippen LogP contribution in [0.1, 0.15) is 18.7 Å². The van der Waals surface area contributed by atoms with Crippen molar-refractivity contribution in [2.24, 2.45) is 0 Å². The van der Waals surface area contributed by atoms with Gasteiger partial charge in [-0.15, -0.1) is 0 Å². The van der Waals surface area contributed by atoms with E-state index in [1.165, 1.54) is 0 Å². The highest BCUT2D eigenvalue weighted by atomic mass is 127. The number of anilines is 2. The van der Waals surface area contributed by atoms with Crippen molar-refractivity contribution in [3.63, 3.8) is 0 Å². The molecule has 4 N–H and O–H groups in total. The fraction of sp³-hybridized carbons (Fsp3) is 0.389. The van der Waals surface area contributed by atoms with E-state index < -0.39 is 24.5 Å². The van der Waals surface area contributed by atoms with Crippen molar-refractivity contribution < 1.29 is 14.9 Å². The van der Waals surface area contributed by atoms with Gasteiger partial charge in [0.25, 0.3) is 0 Å². The lowest BCUT2D eigenvalue weighted by Gasteiger charge is -2.17. The third-order valence-electron chi connectivity index (χ3n) is 4.75. The van der Waals surface area contributed by atoms with Crippen LogP contribution in [-0.2, 0) is 11.3 Å². The normalized spacial score (nSPS) is 24.6. The van der Waals surface area contributed by atoms with Gasteiger partial charge in [0.2, 0.25) is 5.95 Å². The van der Waals surface area contributed by atoms with Crippen molar-refractivity contribution in [2.75, 3.05) is 17.7 Å². The summed E-state index contributed by atoms with van der Waals surface area (Å²) < 4.78 is 8.50. The molecule has 0 aliphatic carbocycles. The Hall–Kier alpha value is -2.02. The highest BCUT2D eigenvalue weighted by molar-refractivity contribution is 14.1. The molecule has 0 saturated carbocycles. The van der Waals surface area contributed by atoms with Gasteiger partial charge in [-0.2, -0.15) is 9.97 Å². The summed E-state index contributed by atoms with van der Waals surface area (Å²) in [5, 5.41) is 26.6. The molecule has 4 unspecified atom stereocenters. The molecule has 1 aromatic carbocycles. The molecule has 3 heterocycles. The number of hydrogen-bond acceptors (Lipinski definition) is 8. The Kier molecular flexibility index (Phi) is 5.36. The average molecular weight is 496 g/mol. The molecule has 1 aliphatic heterocycles. The fourth-order valence-corrected chi connectivity index (χ4v) is 3.84. The number of imidazole rings is 1. The topological polar surface area (TPSA) is 117 Å². The number of aromatic nitrogens is 4. The van der Waals surface area contributed by atoms with Crippen LogP contribution in [0.5, 0.6) is 0 Å². The van der Waals surface area contributed by atoms with Crippen LogP contribution in [0.3, 0.4) is 0 Å². The molecule has 0 spiro atoms. The lowest BCUT2D eigenvalue weighted by atomic mass is 10.1.